The van der Waals surface area contributed by atoms with Crippen LogP contribution in [0.15, 0.2) is 30.3 Å². The molecule has 0 fully saturated rings. The average Bonchev–Trinajstić information content (AvgIpc) is 2.67. The molecule has 0 bridgehead atoms. The first kappa shape index (κ1) is 9.40. The summed E-state index contributed by atoms with van der Waals surface area (Å²) in [5, 5.41) is 13.0. The summed E-state index contributed by atoms with van der Waals surface area (Å²) in [5.74, 6) is -1.02. The van der Waals surface area contributed by atoms with Gasteiger partial charge in [0.2, 0.25) is 0 Å². The molecular formula is C14H11O2-. The van der Waals surface area contributed by atoms with Gasteiger partial charge in [0.15, 0.2) is 0 Å². The van der Waals surface area contributed by atoms with Gasteiger partial charge in [-0.2, -0.15) is 0 Å². The first-order valence-electron chi connectivity index (χ1n) is 5.48. The summed E-state index contributed by atoms with van der Waals surface area (Å²) in [6.07, 6.45) is 2.14. The van der Waals surface area contributed by atoms with Gasteiger partial charge in [-0.1, -0.05) is 30.3 Å². The molecule has 0 unspecified atom stereocenters. The lowest BCUT2D eigenvalue weighted by Crippen LogP contribution is -2.24. The first-order chi connectivity index (χ1) is 7.75. The summed E-state index contributed by atoms with van der Waals surface area (Å²) >= 11 is 0. The van der Waals surface area contributed by atoms with Crippen LogP contribution in [-0.2, 0) is 24.1 Å². The fourth-order valence-electron chi connectivity index (χ4n) is 2.62. The average molecular weight is 211 g/mol. The lowest BCUT2D eigenvalue weighted by atomic mass is 9.98. The molecule has 0 saturated heterocycles. The Morgan fingerprint density at radius 1 is 1.12 bits per heavy atom. The van der Waals surface area contributed by atoms with E-state index in [0.29, 0.717) is 0 Å². The normalized spacial score (nSPS) is 13.2. The van der Waals surface area contributed by atoms with Crippen LogP contribution in [0.2, 0.25) is 0 Å². The van der Waals surface area contributed by atoms with Crippen LogP contribution in [0.5, 0.6) is 0 Å². The van der Waals surface area contributed by atoms with Crippen molar-refractivity contribution in [3.8, 4) is 0 Å². The molecule has 2 heteroatoms. The number of carbonyl (C=O) groups excluding carboxylic acids is 1. The quantitative estimate of drug-likeness (QED) is 0.749. The van der Waals surface area contributed by atoms with Crippen molar-refractivity contribution in [1.82, 2.24) is 0 Å². The minimum Gasteiger partial charge on any atom is -0.550 e. The molecule has 16 heavy (non-hydrogen) atoms. The molecule has 0 aromatic heterocycles. The minimum absolute atomic E-state index is 0.000231. The van der Waals surface area contributed by atoms with Crippen LogP contribution < -0.4 is 5.11 Å². The fraction of sp³-hybridized carbons (Fsp3) is 0.214. The number of hydrogen-bond donors (Lipinski definition) is 0. The van der Waals surface area contributed by atoms with Crippen LogP contribution in [0.4, 0.5) is 0 Å². The molecule has 0 atom stereocenters. The van der Waals surface area contributed by atoms with Crippen LogP contribution in [0.3, 0.4) is 0 Å². The second kappa shape index (κ2) is 3.34. The molecule has 0 spiro atoms. The van der Waals surface area contributed by atoms with E-state index >= 15 is 0 Å². The lowest BCUT2D eigenvalue weighted by Gasteiger charge is -2.09. The van der Waals surface area contributed by atoms with Gasteiger partial charge in [-0.05, 0) is 40.3 Å². The summed E-state index contributed by atoms with van der Waals surface area (Å²) < 4.78 is 0. The molecule has 0 N–H and O–H groups in total. The third-order valence-electron chi connectivity index (χ3n) is 3.30. The molecule has 2 nitrogen and oxygen atoms in total. The largest absolute Gasteiger partial charge is 0.550 e. The molecule has 0 heterocycles. The van der Waals surface area contributed by atoms with Crippen LogP contribution >= 0.6 is 0 Å². The van der Waals surface area contributed by atoms with Gasteiger partial charge < -0.3 is 9.90 Å². The predicted octanol–water partition coefficient (Wildman–Crippen LogP) is 1.23. The van der Waals surface area contributed by atoms with Crippen LogP contribution in [0, 0.1) is 0 Å². The molecule has 2 aromatic rings. The Morgan fingerprint density at radius 2 is 1.88 bits per heavy atom. The van der Waals surface area contributed by atoms with Crippen molar-refractivity contribution in [2.24, 2.45) is 0 Å². The number of aliphatic carboxylic acids is 1. The van der Waals surface area contributed by atoms with Gasteiger partial charge in [-0.25, -0.2) is 0 Å². The Bertz CT molecular complexity index is 574. The zero-order chi connectivity index (χ0) is 11.1. The monoisotopic (exact) mass is 211 g/mol. The van der Waals surface area contributed by atoms with Crippen molar-refractivity contribution in [2.75, 3.05) is 0 Å². The van der Waals surface area contributed by atoms with Crippen molar-refractivity contribution in [3.05, 3.63) is 47.0 Å². The Morgan fingerprint density at radius 3 is 2.62 bits per heavy atom. The number of carboxylic acid groups (broad SMARTS) is 1. The highest BCUT2D eigenvalue weighted by Gasteiger charge is 2.15. The van der Waals surface area contributed by atoms with Crippen molar-refractivity contribution < 1.29 is 9.90 Å². The van der Waals surface area contributed by atoms with Crippen molar-refractivity contribution in [1.29, 1.82) is 0 Å². The number of benzene rings is 2. The SMILES string of the molecule is O=C([O-])Cc1ccc2c3c(cccc13)CC2. The zero-order valence-electron chi connectivity index (χ0n) is 8.82. The Balaban J connectivity index is 2.29. The van der Waals surface area contributed by atoms with E-state index in [-0.39, 0.29) is 6.42 Å². The van der Waals surface area contributed by atoms with E-state index in [1.165, 1.54) is 16.5 Å². The third kappa shape index (κ3) is 1.30. The summed E-state index contributed by atoms with van der Waals surface area (Å²) in [5.41, 5.74) is 3.54. The third-order valence-corrected chi connectivity index (χ3v) is 3.30. The van der Waals surface area contributed by atoms with E-state index < -0.39 is 5.97 Å². The highest BCUT2D eigenvalue weighted by molar-refractivity contribution is 5.94. The minimum atomic E-state index is -1.02. The summed E-state index contributed by atoms with van der Waals surface area (Å²) in [4.78, 5) is 10.7. The number of rotatable bonds is 2. The van der Waals surface area contributed by atoms with Crippen molar-refractivity contribution >= 4 is 16.7 Å². The van der Waals surface area contributed by atoms with Gasteiger partial charge in [0, 0.05) is 12.4 Å². The molecule has 2 aromatic carbocycles. The Hall–Kier alpha value is -1.83. The molecular weight excluding hydrogens is 200 g/mol. The van der Waals surface area contributed by atoms with Gasteiger partial charge in [-0.3, -0.25) is 0 Å². The van der Waals surface area contributed by atoms with Gasteiger partial charge in [0.1, 0.15) is 0 Å². The number of carboxylic acids is 1. The van der Waals surface area contributed by atoms with Crippen LogP contribution in [-0.4, -0.2) is 5.97 Å². The number of carbonyl (C=O) groups is 1. The molecule has 3 rings (SSSR count). The fourth-order valence-corrected chi connectivity index (χ4v) is 2.62. The molecule has 1 aliphatic rings. The standard InChI is InChI=1S/C14H12O2/c15-13(16)8-11-7-6-10-5-4-9-2-1-3-12(11)14(9)10/h1-3,6-7H,4-5,8H2,(H,15,16)/p-1. The van der Waals surface area contributed by atoms with Gasteiger partial charge >= 0.3 is 0 Å². The molecule has 1 aliphatic carbocycles. The predicted molar refractivity (Wildman–Crippen MR) is 60.1 cm³/mol. The van der Waals surface area contributed by atoms with Gasteiger partial charge in [0.05, 0.1) is 0 Å². The molecule has 0 radical (unpaired) electrons. The Kier molecular flexibility index (Phi) is 1.96. The summed E-state index contributed by atoms with van der Waals surface area (Å²) in [7, 11) is 0. The lowest BCUT2D eigenvalue weighted by molar-refractivity contribution is -0.304. The maximum absolute atomic E-state index is 10.7. The zero-order valence-corrected chi connectivity index (χ0v) is 8.82. The van der Waals surface area contributed by atoms with Crippen LogP contribution in [0.1, 0.15) is 16.7 Å². The molecule has 0 aliphatic heterocycles. The van der Waals surface area contributed by atoms with E-state index in [0.717, 1.165) is 23.8 Å². The number of aryl methyl sites for hydroxylation is 2. The van der Waals surface area contributed by atoms with E-state index in [9.17, 15) is 9.90 Å². The highest BCUT2D eigenvalue weighted by Crippen LogP contribution is 2.32. The van der Waals surface area contributed by atoms with E-state index in [2.05, 4.69) is 12.1 Å². The van der Waals surface area contributed by atoms with Crippen molar-refractivity contribution in [3.63, 3.8) is 0 Å². The van der Waals surface area contributed by atoms with E-state index in [1.807, 2.05) is 18.2 Å². The second-order valence-corrected chi connectivity index (χ2v) is 4.27. The van der Waals surface area contributed by atoms with Crippen molar-refractivity contribution in [2.45, 2.75) is 19.3 Å². The second-order valence-electron chi connectivity index (χ2n) is 4.27. The highest BCUT2D eigenvalue weighted by atomic mass is 16.4. The topological polar surface area (TPSA) is 40.1 Å². The van der Waals surface area contributed by atoms with Gasteiger partial charge in [-0.15, -0.1) is 0 Å². The van der Waals surface area contributed by atoms with Crippen LogP contribution in [0.25, 0.3) is 10.8 Å². The summed E-state index contributed by atoms with van der Waals surface area (Å²) in [6, 6.07) is 10.1. The van der Waals surface area contributed by atoms with E-state index in [1.54, 1.807) is 0 Å². The first-order valence-corrected chi connectivity index (χ1v) is 5.48. The van der Waals surface area contributed by atoms with Gasteiger partial charge in [0.25, 0.3) is 0 Å². The molecule has 0 amide bonds. The molecule has 80 valence electrons. The Labute approximate surface area is 93.5 Å². The van der Waals surface area contributed by atoms with E-state index in [4.69, 9.17) is 0 Å². The molecule has 0 saturated carbocycles. The number of hydrogen-bond acceptors (Lipinski definition) is 2. The maximum atomic E-state index is 10.7. The smallest absolute Gasteiger partial charge is 0.0458 e. The maximum Gasteiger partial charge on any atom is 0.0458 e. The summed E-state index contributed by atoms with van der Waals surface area (Å²) in [6.45, 7) is 0.